The Morgan fingerprint density at radius 1 is 1.16 bits per heavy atom. The van der Waals surface area contributed by atoms with Gasteiger partial charge < -0.3 is 14.2 Å². The minimum absolute atomic E-state index is 0.733. The minimum atomic E-state index is 0.733. The SMILES string of the molecule is CN(C)Cc1c(OCC2CC2)ccc2c(CCC3CCN(Cc4nccs4)CC3)noc12. The molecule has 0 N–H and O–H groups in total. The molecule has 2 aliphatic rings. The van der Waals surface area contributed by atoms with Gasteiger partial charge in [0.2, 0.25) is 0 Å². The molecule has 0 bridgehead atoms. The first-order valence-electron chi connectivity index (χ1n) is 11.9. The Hall–Kier alpha value is -1.96. The zero-order valence-electron chi connectivity index (χ0n) is 19.3. The van der Waals surface area contributed by atoms with Crippen LogP contribution in [0.1, 0.15) is 48.4 Å². The fourth-order valence-corrected chi connectivity index (χ4v) is 5.32. The zero-order valence-corrected chi connectivity index (χ0v) is 20.1. The van der Waals surface area contributed by atoms with Gasteiger partial charge in [0.25, 0.3) is 0 Å². The molecule has 0 radical (unpaired) electrons. The van der Waals surface area contributed by atoms with E-state index in [0.29, 0.717) is 0 Å². The summed E-state index contributed by atoms with van der Waals surface area (Å²) in [5.74, 6) is 2.45. The molecule has 5 rings (SSSR count). The van der Waals surface area contributed by atoms with Gasteiger partial charge in [-0.3, -0.25) is 4.90 Å². The Bertz CT molecular complexity index is 1000. The molecule has 0 unspecified atom stereocenters. The number of aromatic nitrogens is 2. The van der Waals surface area contributed by atoms with E-state index in [4.69, 9.17) is 9.26 Å². The van der Waals surface area contributed by atoms with Crippen molar-refractivity contribution in [2.45, 2.75) is 51.6 Å². The first kappa shape index (κ1) is 21.9. The second-order valence-electron chi connectivity index (χ2n) is 9.72. The van der Waals surface area contributed by atoms with Crippen LogP contribution in [0.25, 0.3) is 11.0 Å². The van der Waals surface area contributed by atoms with Crippen LogP contribution < -0.4 is 4.74 Å². The summed E-state index contributed by atoms with van der Waals surface area (Å²) in [6.45, 7) is 4.94. The van der Waals surface area contributed by atoms with Gasteiger partial charge in [0, 0.05) is 23.5 Å². The third-order valence-corrected chi connectivity index (χ3v) is 7.52. The molecular weight excluding hydrogens is 420 g/mol. The molecule has 3 heterocycles. The Morgan fingerprint density at radius 2 is 2.00 bits per heavy atom. The summed E-state index contributed by atoms with van der Waals surface area (Å²) in [5, 5.41) is 8.94. The van der Waals surface area contributed by atoms with E-state index in [1.807, 2.05) is 6.20 Å². The Kier molecular flexibility index (Phi) is 6.76. The van der Waals surface area contributed by atoms with Crippen LogP contribution in [-0.4, -0.2) is 53.7 Å². The molecule has 0 amide bonds. The number of hydrogen-bond acceptors (Lipinski definition) is 7. The molecule has 172 valence electrons. The highest BCUT2D eigenvalue weighted by atomic mass is 32.1. The average Bonchev–Trinajstić information content (AvgIpc) is 3.30. The van der Waals surface area contributed by atoms with Gasteiger partial charge in [0.05, 0.1) is 24.4 Å². The van der Waals surface area contributed by atoms with Gasteiger partial charge in [0.1, 0.15) is 10.8 Å². The van der Waals surface area contributed by atoms with Gasteiger partial charge in [0.15, 0.2) is 5.58 Å². The first-order valence-corrected chi connectivity index (χ1v) is 12.8. The topological polar surface area (TPSA) is 54.6 Å². The van der Waals surface area contributed by atoms with Crippen molar-refractivity contribution in [2.24, 2.45) is 11.8 Å². The number of likely N-dealkylation sites (tertiary alicyclic amines) is 1. The number of ether oxygens (including phenoxy) is 1. The van der Waals surface area contributed by atoms with Crippen molar-refractivity contribution < 1.29 is 9.26 Å². The van der Waals surface area contributed by atoms with E-state index in [9.17, 15) is 0 Å². The third kappa shape index (κ3) is 5.33. The van der Waals surface area contributed by atoms with Crippen LogP contribution in [0.5, 0.6) is 5.75 Å². The fourth-order valence-electron chi connectivity index (χ4n) is 4.66. The second-order valence-corrected chi connectivity index (χ2v) is 10.7. The lowest BCUT2D eigenvalue weighted by molar-refractivity contribution is 0.172. The Morgan fingerprint density at radius 3 is 2.72 bits per heavy atom. The molecule has 1 saturated carbocycles. The summed E-state index contributed by atoms with van der Waals surface area (Å²) in [6, 6.07) is 4.28. The molecule has 0 spiro atoms. The van der Waals surface area contributed by atoms with Gasteiger partial charge in [-0.15, -0.1) is 11.3 Å². The van der Waals surface area contributed by atoms with Crippen LogP contribution in [0, 0.1) is 11.8 Å². The van der Waals surface area contributed by atoms with E-state index in [0.717, 1.165) is 65.9 Å². The Labute approximate surface area is 194 Å². The number of rotatable bonds is 10. The Balaban J connectivity index is 1.21. The van der Waals surface area contributed by atoms with Gasteiger partial charge >= 0.3 is 0 Å². The highest BCUT2D eigenvalue weighted by Crippen LogP contribution is 2.35. The molecule has 1 saturated heterocycles. The van der Waals surface area contributed by atoms with Crippen molar-refractivity contribution in [3.8, 4) is 5.75 Å². The van der Waals surface area contributed by atoms with Crippen molar-refractivity contribution in [2.75, 3.05) is 33.8 Å². The van der Waals surface area contributed by atoms with Crippen LogP contribution in [0.15, 0.2) is 28.2 Å². The average molecular weight is 455 g/mol. The highest BCUT2D eigenvalue weighted by Gasteiger charge is 2.24. The lowest BCUT2D eigenvalue weighted by Gasteiger charge is -2.31. The highest BCUT2D eigenvalue weighted by molar-refractivity contribution is 7.09. The second kappa shape index (κ2) is 9.89. The minimum Gasteiger partial charge on any atom is -0.493 e. The van der Waals surface area contributed by atoms with Crippen LogP contribution in [0.2, 0.25) is 0 Å². The largest absolute Gasteiger partial charge is 0.493 e. The van der Waals surface area contributed by atoms with Crippen molar-refractivity contribution >= 4 is 22.3 Å². The summed E-state index contributed by atoms with van der Waals surface area (Å²) in [5.41, 5.74) is 3.13. The molecule has 6 nitrogen and oxygen atoms in total. The number of nitrogens with zero attached hydrogens (tertiary/aromatic N) is 4. The molecule has 3 aromatic rings. The summed E-state index contributed by atoms with van der Waals surface area (Å²) in [6.07, 6.45) is 9.16. The van der Waals surface area contributed by atoms with E-state index in [-0.39, 0.29) is 0 Å². The van der Waals surface area contributed by atoms with Gasteiger partial charge in [-0.05, 0) is 89.7 Å². The zero-order chi connectivity index (χ0) is 21.9. The summed E-state index contributed by atoms with van der Waals surface area (Å²) in [4.78, 5) is 9.14. The maximum atomic E-state index is 6.16. The predicted octanol–water partition coefficient (Wildman–Crippen LogP) is 4.98. The van der Waals surface area contributed by atoms with Crippen LogP contribution >= 0.6 is 11.3 Å². The van der Waals surface area contributed by atoms with Crippen LogP contribution in [0.4, 0.5) is 0 Å². The number of benzene rings is 1. The van der Waals surface area contributed by atoms with E-state index in [2.05, 4.69) is 51.5 Å². The lowest BCUT2D eigenvalue weighted by atomic mass is 9.91. The lowest BCUT2D eigenvalue weighted by Crippen LogP contribution is -2.33. The molecule has 2 aromatic heterocycles. The molecular formula is C25H34N4O2S. The summed E-state index contributed by atoms with van der Waals surface area (Å²) in [7, 11) is 4.17. The number of thiazole rings is 1. The molecule has 1 aliphatic heterocycles. The smallest absolute Gasteiger partial charge is 0.175 e. The standard InChI is InChI=1S/C25H34N4O2S/c1-28(2)15-21-23(30-17-19-3-4-19)8-6-20-22(27-31-25(20)21)7-5-18-9-12-29(13-10-18)16-24-26-11-14-32-24/h6,8,11,14,18-19H,3-5,7,9-10,12-13,15-17H2,1-2H3. The summed E-state index contributed by atoms with van der Waals surface area (Å²) >= 11 is 1.76. The van der Waals surface area contributed by atoms with Gasteiger partial charge in [-0.2, -0.15) is 0 Å². The van der Waals surface area contributed by atoms with Crippen LogP contribution in [0.3, 0.4) is 0 Å². The molecule has 1 aromatic carbocycles. The van der Waals surface area contributed by atoms with Crippen molar-refractivity contribution in [1.29, 1.82) is 0 Å². The maximum absolute atomic E-state index is 6.16. The number of piperidine rings is 1. The number of fused-ring (bicyclic) bond motifs is 1. The quantitative estimate of drug-likeness (QED) is 0.431. The molecule has 32 heavy (non-hydrogen) atoms. The maximum Gasteiger partial charge on any atom is 0.175 e. The predicted molar refractivity (Wildman–Crippen MR) is 128 cm³/mol. The number of hydrogen-bond donors (Lipinski definition) is 0. The fraction of sp³-hybridized carbons (Fsp3) is 0.600. The van der Waals surface area contributed by atoms with E-state index >= 15 is 0 Å². The molecule has 0 atom stereocenters. The molecule has 7 heteroatoms. The van der Waals surface area contributed by atoms with Crippen molar-refractivity contribution in [1.82, 2.24) is 19.9 Å². The van der Waals surface area contributed by atoms with E-state index in [1.54, 1.807) is 11.3 Å². The van der Waals surface area contributed by atoms with Crippen LogP contribution in [-0.2, 0) is 19.5 Å². The van der Waals surface area contributed by atoms with E-state index in [1.165, 1.54) is 50.2 Å². The monoisotopic (exact) mass is 454 g/mol. The molecule has 2 fully saturated rings. The van der Waals surface area contributed by atoms with E-state index < -0.39 is 0 Å². The molecule has 1 aliphatic carbocycles. The van der Waals surface area contributed by atoms with Crippen molar-refractivity contribution in [3.63, 3.8) is 0 Å². The third-order valence-electron chi connectivity index (χ3n) is 6.76. The van der Waals surface area contributed by atoms with Crippen molar-refractivity contribution in [3.05, 3.63) is 40.0 Å². The first-order chi connectivity index (χ1) is 15.7. The van der Waals surface area contributed by atoms with Gasteiger partial charge in [-0.1, -0.05) is 5.16 Å². The number of aryl methyl sites for hydroxylation is 1. The summed E-state index contributed by atoms with van der Waals surface area (Å²) < 4.78 is 12.0. The normalized spacial score (nSPS) is 18.1. The van der Waals surface area contributed by atoms with Gasteiger partial charge in [-0.25, -0.2) is 4.98 Å².